The first kappa shape index (κ1) is 5.80. The van der Waals surface area contributed by atoms with Crippen molar-refractivity contribution in [3.63, 3.8) is 0 Å². The SMILES string of the molecule is OC1=CC=C2CNCN2C1. The molecule has 54 valence electrons. The highest BCUT2D eigenvalue weighted by atomic mass is 16.3. The molecule has 0 amide bonds. The molecule has 0 saturated carbocycles. The molecule has 0 aromatic carbocycles. The number of allylic oxidation sites excluding steroid dienone is 2. The highest BCUT2D eigenvalue weighted by Crippen LogP contribution is 2.14. The standard InChI is InChI=1S/C7H10N2O/c10-7-2-1-6-3-8-5-9(6)4-7/h1-2,8,10H,3-5H2. The molecule has 0 aromatic rings. The summed E-state index contributed by atoms with van der Waals surface area (Å²) in [5.74, 6) is 0.451. The molecule has 2 rings (SSSR count). The molecule has 0 spiro atoms. The first-order valence-corrected chi connectivity index (χ1v) is 3.40. The van der Waals surface area contributed by atoms with E-state index >= 15 is 0 Å². The highest BCUT2D eigenvalue weighted by Gasteiger charge is 2.18. The topological polar surface area (TPSA) is 35.5 Å². The van der Waals surface area contributed by atoms with Gasteiger partial charge in [-0.3, -0.25) is 5.32 Å². The van der Waals surface area contributed by atoms with E-state index in [2.05, 4.69) is 10.2 Å². The quantitative estimate of drug-likeness (QED) is 0.501. The third-order valence-corrected chi connectivity index (χ3v) is 1.84. The molecular formula is C7H10N2O. The van der Waals surface area contributed by atoms with E-state index in [1.165, 1.54) is 5.70 Å². The Balaban J connectivity index is 2.22. The normalized spacial score (nSPS) is 23.8. The molecule has 0 atom stereocenters. The summed E-state index contributed by atoms with van der Waals surface area (Å²) < 4.78 is 0. The van der Waals surface area contributed by atoms with Crippen molar-refractivity contribution in [3.05, 3.63) is 23.6 Å². The Labute approximate surface area is 59.6 Å². The van der Waals surface area contributed by atoms with Crippen LogP contribution in [0, 0.1) is 0 Å². The fourth-order valence-electron chi connectivity index (χ4n) is 1.29. The summed E-state index contributed by atoms with van der Waals surface area (Å²) in [5.41, 5.74) is 1.28. The molecule has 0 radical (unpaired) electrons. The van der Waals surface area contributed by atoms with E-state index < -0.39 is 0 Å². The number of hydrogen-bond donors (Lipinski definition) is 2. The molecule has 0 bridgehead atoms. The molecular weight excluding hydrogens is 128 g/mol. The molecule has 2 heterocycles. The number of nitrogens with one attached hydrogen (secondary N) is 1. The molecule has 10 heavy (non-hydrogen) atoms. The van der Waals surface area contributed by atoms with Crippen LogP contribution in [0.3, 0.4) is 0 Å². The number of fused-ring (bicyclic) bond motifs is 1. The lowest BCUT2D eigenvalue weighted by Crippen LogP contribution is -2.25. The molecule has 2 aliphatic heterocycles. The fourth-order valence-corrected chi connectivity index (χ4v) is 1.29. The van der Waals surface area contributed by atoms with Gasteiger partial charge in [-0.1, -0.05) is 0 Å². The van der Waals surface area contributed by atoms with Gasteiger partial charge in [-0.25, -0.2) is 0 Å². The van der Waals surface area contributed by atoms with Gasteiger partial charge in [0.15, 0.2) is 0 Å². The van der Waals surface area contributed by atoms with Gasteiger partial charge in [0, 0.05) is 12.2 Å². The van der Waals surface area contributed by atoms with Crippen LogP contribution in [0.1, 0.15) is 0 Å². The van der Waals surface area contributed by atoms with Gasteiger partial charge in [-0.05, 0) is 12.2 Å². The van der Waals surface area contributed by atoms with Gasteiger partial charge in [-0.15, -0.1) is 0 Å². The van der Waals surface area contributed by atoms with Crippen LogP contribution in [0.4, 0.5) is 0 Å². The number of nitrogens with zero attached hydrogens (tertiary/aromatic N) is 1. The van der Waals surface area contributed by atoms with Crippen LogP contribution in [-0.4, -0.2) is 29.8 Å². The lowest BCUT2D eigenvalue weighted by Gasteiger charge is -2.20. The van der Waals surface area contributed by atoms with Crippen LogP contribution in [-0.2, 0) is 0 Å². The molecule has 1 fully saturated rings. The zero-order valence-corrected chi connectivity index (χ0v) is 5.67. The molecule has 2 N–H and O–H groups in total. The minimum absolute atomic E-state index is 0.451. The molecule has 0 aliphatic carbocycles. The van der Waals surface area contributed by atoms with E-state index in [-0.39, 0.29) is 0 Å². The van der Waals surface area contributed by atoms with E-state index in [4.69, 9.17) is 5.11 Å². The second-order valence-electron chi connectivity index (χ2n) is 2.60. The summed E-state index contributed by atoms with van der Waals surface area (Å²) >= 11 is 0. The zero-order valence-electron chi connectivity index (χ0n) is 5.67. The maximum atomic E-state index is 9.10. The van der Waals surface area contributed by atoms with Crippen molar-refractivity contribution < 1.29 is 5.11 Å². The largest absolute Gasteiger partial charge is 0.510 e. The molecule has 3 nitrogen and oxygen atoms in total. The molecule has 0 aromatic heterocycles. The van der Waals surface area contributed by atoms with Gasteiger partial charge >= 0.3 is 0 Å². The van der Waals surface area contributed by atoms with E-state index in [9.17, 15) is 0 Å². The lowest BCUT2D eigenvalue weighted by atomic mass is 10.2. The van der Waals surface area contributed by atoms with Crippen LogP contribution in [0.2, 0.25) is 0 Å². The average molecular weight is 138 g/mol. The van der Waals surface area contributed by atoms with E-state index in [0.717, 1.165) is 13.2 Å². The van der Waals surface area contributed by atoms with Gasteiger partial charge < -0.3 is 10.0 Å². The van der Waals surface area contributed by atoms with Crippen molar-refractivity contribution in [2.45, 2.75) is 0 Å². The number of rotatable bonds is 0. The summed E-state index contributed by atoms with van der Waals surface area (Å²) in [4.78, 5) is 2.12. The van der Waals surface area contributed by atoms with Crippen molar-refractivity contribution >= 4 is 0 Å². The zero-order chi connectivity index (χ0) is 6.97. The Morgan fingerprint density at radius 1 is 1.50 bits per heavy atom. The first-order chi connectivity index (χ1) is 4.86. The summed E-state index contributed by atoms with van der Waals surface area (Å²) in [6, 6.07) is 0. The summed E-state index contributed by atoms with van der Waals surface area (Å²) in [6.07, 6.45) is 3.72. The lowest BCUT2D eigenvalue weighted by molar-refractivity contribution is 0.309. The minimum atomic E-state index is 0.451. The van der Waals surface area contributed by atoms with Crippen molar-refractivity contribution in [2.24, 2.45) is 0 Å². The smallest absolute Gasteiger partial charge is 0.112 e. The second-order valence-corrected chi connectivity index (χ2v) is 2.60. The monoisotopic (exact) mass is 138 g/mol. The van der Waals surface area contributed by atoms with Gasteiger partial charge in [0.25, 0.3) is 0 Å². The van der Waals surface area contributed by atoms with E-state index in [1.807, 2.05) is 6.08 Å². The van der Waals surface area contributed by atoms with E-state index in [0.29, 0.717) is 12.3 Å². The van der Waals surface area contributed by atoms with E-state index in [1.54, 1.807) is 6.08 Å². The van der Waals surface area contributed by atoms with Gasteiger partial charge in [0.1, 0.15) is 5.76 Å². The molecule has 1 saturated heterocycles. The van der Waals surface area contributed by atoms with Crippen LogP contribution >= 0.6 is 0 Å². The van der Waals surface area contributed by atoms with Gasteiger partial charge in [0.2, 0.25) is 0 Å². The summed E-state index contributed by atoms with van der Waals surface area (Å²) in [7, 11) is 0. The Morgan fingerprint density at radius 3 is 3.30 bits per heavy atom. The number of hydrogen-bond acceptors (Lipinski definition) is 3. The minimum Gasteiger partial charge on any atom is -0.510 e. The maximum absolute atomic E-state index is 9.10. The summed E-state index contributed by atoms with van der Waals surface area (Å²) in [6.45, 7) is 2.46. The van der Waals surface area contributed by atoms with Crippen LogP contribution in [0.15, 0.2) is 23.6 Å². The van der Waals surface area contributed by atoms with Gasteiger partial charge in [-0.2, -0.15) is 0 Å². The van der Waals surface area contributed by atoms with Crippen LogP contribution < -0.4 is 5.32 Å². The fraction of sp³-hybridized carbons (Fsp3) is 0.429. The van der Waals surface area contributed by atoms with Crippen molar-refractivity contribution in [1.29, 1.82) is 0 Å². The Kier molecular flexibility index (Phi) is 1.17. The molecule has 2 aliphatic rings. The summed E-state index contributed by atoms with van der Waals surface area (Å²) in [5, 5.41) is 12.3. The van der Waals surface area contributed by atoms with Gasteiger partial charge in [0.05, 0.1) is 13.2 Å². The predicted octanol–water partition coefficient (Wildman–Crippen LogP) is 0.188. The van der Waals surface area contributed by atoms with Crippen molar-refractivity contribution in [2.75, 3.05) is 19.8 Å². The maximum Gasteiger partial charge on any atom is 0.112 e. The third-order valence-electron chi connectivity index (χ3n) is 1.84. The molecule has 3 heteroatoms. The Hall–Kier alpha value is -0.960. The first-order valence-electron chi connectivity index (χ1n) is 3.40. The average Bonchev–Trinajstić information content (AvgIpc) is 2.33. The van der Waals surface area contributed by atoms with Crippen molar-refractivity contribution in [3.8, 4) is 0 Å². The number of aliphatic hydroxyl groups excluding tert-OH is 1. The highest BCUT2D eigenvalue weighted by molar-refractivity contribution is 5.23. The van der Waals surface area contributed by atoms with Crippen LogP contribution in [0.25, 0.3) is 0 Å². The Morgan fingerprint density at radius 2 is 2.40 bits per heavy atom. The van der Waals surface area contributed by atoms with Crippen LogP contribution in [0.5, 0.6) is 0 Å². The third kappa shape index (κ3) is 0.789. The second kappa shape index (κ2) is 2.02. The predicted molar refractivity (Wildman–Crippen MR) is 38.4 cm³/mol. The number of aliphatic hydroxyl groups is 1. The van der Waals surface area contributed by atoms with Crippen molar-refractivity contribution in [1.82, 2.24) is 10.2 Å². The molecule has 0 unspecified atom stereocenters. The Bertz CT molecular complexity index is 208.